The third-order valence-corrected chi connectivity index (χ3v) is 4.76. The zero-order valence-corrected chi connectivity index (χ0v) is 16.7. The fraction of sp³-hybridized carbons (Fsp3) is 0.136. The lowest BCUT2D eigenvalue weighted by atomic mass is 10.2. The van der Waals surface area contributed by atoms with Gasteiger partial charge < -0.3 is 10.1 Å². The third kappa shape index (κ3) is 4.06. The topological polar surface area (TPSA) is 108 Å². The third-order valence-electron chi connectivity index (χ3n) is 4.76. The van der Waals surface area contributed by atoms with Crippen LogP contribution in [0.25, 0.3) is 11.0 Å². The highest BCUT2D eigenvalue weighted by molar-refractivity contribution is 5.92. The minimum absolute atomic E-state index is 0.0425. The lowest BCUT2D eigenvalue weighted by Gasteiger charge is -2.14. The Balaban J connectivity index is 1.75. The zero-order valence-electron chi connectivity index (χ0n) is 16.7. The summed E-state index contributed by atoms with van der Waals surface area (Å²) in [5.74, 6) is 0.0586. The predicted molar refractivity (Wildman–Crippen MR) is 115 cm³/mol. The molecule has 156 valence electrons. The molecule has 0 atom stereocenters. The number of carbonyl (C=O) groups excluding carboxylic acids is 1. The molecule has 1 aromatic carbocycles. The van der Waals surface area contributed by atoms with Gasteiger partial charge in [-0.15, -0.1) is 0 Å². The maximum Gasteiger partial charge on any atom is 0.332 e. The van der Waals surface area contributed by atoms with Crippen molar-refractivity contribution in [2.45, 2.75) is 13.1 Å². The molecule has 0 bridgehead atoms. The molecule has 0 saturated carbocycles. The molecule has 0 aliphatic rings. The van der Waals surface area contributed by atoms with Gasteiger partial charge in [-0.1, -0.05) is 12.1 Å². The fourth-order valence-corrected chi connectivity index (χ4v) is 3.29. The van der Waals surface area contributed by atoms with E-state index in [-0.39, 0.29) is 18.6 Å². The zero-order chi connectivity index (χ0) is 21.8. The van der Waals surface area contributed by atoms with Crippen molar-refractivity contribution in [2.24, 2.45) is 0 Å². The molecule has 9 heteroatoms. The normalized spacial score (nSPS) is 10.7. The summed E-state index contributed by atoms with van der Waals surface area (Å²) in [6.45, 7) is -0.253. The van der Waals surface area contributed by atoms with Gasteiger partial charge in [0.15, 0.2) is 5.52 Å². The quantitative estimate of drug-likeness (QED) is 0.511. The van der Waals surface area contributed by atoms with Gasteiger partial charge in [-0.05, 0) is 42.0 Å². The minimum atomic E-state index is -0.600. The van der Waals surface area contributed by atoms with Crippen molar-refractivity contribution in [3.05, 3.63) is 93.5 Å². The second-order valence-corrected chi connectivity index (χ2v) is 6.74. The minimum Gasteiger partial charge on any atom is -0.495 e. The Morgan fingerprint density at radius 1 is 1.00 bits per heavy atom. The highest BCUT2D eigenvalue weighted by atomic mass is 16.5. The number of hydrogen-bond donors (Lipinski definition) is 1. The van der Waals surface area contributed by atoms with Crippen LogP contribution in [0, 0.1) is 0 Å². The summed E-state index contributed by atoms with van der Waals surface area (Å²) in [7, 11) is 1.50. The first-order chi connectivity index (χ1) is 15.1. The summed E-state index contributed by atoms with van der Waals surface area (Å²) in [5, 5.41) is 2.75. The number of amides is 1. The molecule has 9 nitrogen and oxygen atoms in total. The first kappa shape index (κ1) is 20.0. The highest BCUT2D eigenvalue weighted by Gasteiger charge is 2.17. The molecule has 0 aliphatic heterocycles. The number of para-hydroxylation sites is 2. The summed E-state index contributed by atoms with van der Waals surface area (Å²) < 4.78 is 7.56. The number of benzene rings is 1. The average Bonchev–Trinajstić information content (AvgIpc) is 2.80. The van der Waals surface area contributed by atoms with Crippen molar-refractivity contribution in [1.82, 2.24) is 19.1 Å². The summed E-state index contributed by atoms with van der Waals surface area (Å²) >= 11 is 0. The van der Waals surface area contributed by atoms with Crippen molar-refractivity contribution < 1.29 is 9.53 Å². The number of hydrogen-bond acceptors (Lipinski definition) is 6. The summed E-state index contributed by atoms with van der Waals surface area (Å²) in [6, 6.07) is 13.6. The molecule has 1 amide bonds. The van der Waals surface area contributed by atoms with E-state index in [1.807, 2.05) is 0 Å². The first-order valence-electron chi connectivity index (χ1n) is 9.48. The molecule has 0 unspecified atom stereocenters. The Morgan fingerprint density at radius 3 is 2.55 bits per heavy atom. The second-order valence-electron chi connectivity index (χ2n) is 6.74. The number of nitrogens with one attached hydrogen (secondary N) is 1. The van der Waals surface area contributed by atoms with Crippen LogP contribution in [0.2, 0.25) is 0 Å². The van der Waals surface area contributed by atoms with Gasteiger partial charge in [-0.2, -0.15) is 0 Å². The Hall–Kier alpha value is -4.27. The molecule has 0 spiro atoms. The Morgan fingerprint density at radius 2 is 1.77 bits per heavy atom. The van der Waals surface area contributed by atoms with E-state index in [1.54, 1.807) is 60.9 Å². The SMILES string of the molecule is COc1ccccc1NC(=O)Cn1c(=O)n(Cc2ccncc2)c(=O)c2ncccc21. The summed E-state index contributed by atoms with van der Waals surface area (Å²) in [4.78, 5) is 47.0. The number of fused-ring (bicyclic) bond motifs is 1. The van der Waals surface area contributed by atoms with Gasteiger partial charge in [0.05, 0.1) is 24.9 Å². The Labute approximate surface area is 176 Å². The van der Waals surface area contributed by atoms with Crippen LogP contribution < -0.4 is 21.3 Å². The van der Waals surface area contributed by atoms with E-state index in [0.717, 1.165) is 10.1 Å². The van der Waals surface area contributed by atoms with E-state index in [4.69, 9.17) is 4.74 Å². The molecule has 0 aliphatic carbocycles. The molecule has 1 N–H and O–H groups in total. The number of anilines is 1. The highest BCUT2D eigenvalue weighted by Crippen LogP contribution is 2.23. The fourth-order valence-electron chi connectivity index (χ4n) is 3.29. The van der Waals surface area contributed by atoms with Crippen LogP contribution in [0.5, 0.6) is 5.75 Å². The van der Waals surface area contributed by atoms with Crippen molar-refractivity contribution in [2.75, 3.05) is 12.4 Å². The van der Waals surface area contributed by atoms with E-state index in [9.17, 15) is 14.4 Å². The van der Waals surface area contributed by atoms with Crippen LogP contribution in [-0.4, -0.2) is 32.1 Å². The number of pyridine rings is 2. The first-order valence-corrected chi connectivity index (χ1v) is 9.48. The molecule has 0 radical (unpaired) electrons. The van der Waals surface area contributed by atoms with Crippen LogP contribution >= 0.6 is 0 Å². The smallest absolute Gasteiger partial charge is 0.332 e. The van der Waals surface area contributed by atoms with Crippen LogP contribution in [0.1, 0.15) is 5.56 Å². The molecule has 31 heavy (non-hydrogen) atoms. The van der Waals surface area contributed by atoms with Crippen molar-refractivity contribution in [3.8, 4) is 5.75 Å². The number of nitrogens with zero attached hydrogens (tertiary/aromatic N) is 4. The molecule has 0 saturated heterocycles. The van der Waals surface area contributed by atoms with Crippen molar-refractivity contribution >= 4 is 22.6 Å². The van der Waals surface area contributed by atoms with E-state index in [2.05, 4.69) is 15.3 Å². The number of methoxy groups -OCH3 is 1. The second kappa shape index (κ2) is 8.62. The van der Waals surface area contributed by atoms with Crippen LogP contribution in [0.3, 0.4) is 0 Å². The van der Waals surface area contributed by atoms with Crippen molar-refractivity contribution in [3.63, 3.8) is 0 Å². The van der Waals surface area contributed by atoms with Gasteiger partial charge in [0.1, 0.15) is 12.3 Å². The van der Waals surface area contributed by atoms with Gasteiger partial charge in [0.2, 0.25) is 5.91 Å². The number of rotatable bonds is 6. The monoisotopic (exact) mass is 417 g/mol. The van der Waals surface area contributed by atoms with E-state index in [1.165, 1.54) is 17.9 Å². The Bertz CT molecular complexity index is 1360. The van der Waals surface area contributed by atoms with Crippen LogP contribution in [0.4, 0.5) is 5.69 Å². The van der Waals surface area contributed by atoms with E-state index in [0.29, 0.717) is 17.0 Å². The molecule has 3 aromatic heterocycles. The Kier molecular flexibility index (Phi) is 5.57. The molecule has 0 fully saturated rings. The predicted octanol–water partition coefficient (Wildman–Crippen LogP) is 1.65. The largest absolute Gasteiger partial charge is 0.495 e. The van der Waals surface area contributed by atoms with Gasteiger partial charge >= 0.3 is 5.69 Å². The number of ether oxygens (including phenoxy) is 1. The van der Waals surface area contributed by atoms with Gasteiger partial charge in [-0.25, -0.2) is 9.78 Å². The summed E-state index contributed by atoms with van der Waals surface area (Å²) in [6.07, 6.45) is 4.64. The van der Waals surface area contributed by atoms with Crippen LogP contribution in [-0.2, 0) is 17.9 Å². The average molecular weight is 417 g/mol. The van der Waals surface area contributed by atoms with Gasteiger partial charge in [0, 0.05) is 18.6 Å². The van der Waals surface area contributed by atoms with Crippen molar-refractivity contribution in [1.29, 1.82) is 0 Å². The lowest BCUT2D eigenvalue weighted by Crippen LogP contribution is -2.42. The van der Waals surface area contributed by atoms with Gasteiger partial charge in [-0.3, -0.25) is 23.7 Å². The molecule has 3 heterocycles. The van der Waals surface area contributed by atoms with Gasteiger partial charge in [0.25, 0.3) is 5.56 Å². The maximum atomic E-state index is 13.2. The maximum absolute atomic E-state index is 13.2. The van der Waals surface area contributed by atoms with E-state index >= 15 is 0 Å². The number of carbonyl (C=O) groups is 1. The van der Waals surface area contributed by atoms with Crippen LogP contribution in [0.15, 0.2) is 76.7 Å². The molecular formula is C22H19N5O4. The lowest BCUT2D eigenvalue weighted by molar-refractivity contribution is -0.116. The summed E-state index contributed by atoms with van der Waals surface area (Å²) in [5.41, 5.74) is 0.501. The molecular weight excluding hydrogens is 398 g/mol. The van der Waals surface area contributed by atoms with E-state index < -0.39 is 17.2 Å². The molecule has 4 aromatic rings. The molecule has 4 rings (SSSR count). The number of aromatic nitrogens is 4. The standard InChI is InChI=1S/C22H19N5O4/c1-31-18-7-3-2-5-16(18)25-19(28)14-26-17-6-4-10-24-20(17)21(29)27(22(26)30)13-15-8-11-23-12-9-15/h2-12H,13-14H2,1H3,(H,25,28).